The summed E-state index contributed by atoms with van der Waals surface area (Å²) >= 11 is 0. The molecule has 0 aromatic heterocycles. The van der Waals surface area contributed by atoms with E-state index < -0.39 is 34.6 Å². The summed E-state index contributed by atoms with van der Waals surface area (Å²) in [5.41, 5.74) is -2.86. The van der Waals surface area contributed by atoms with Gasteiger partial charge in [0.15, 0.2) is 0 Å². The molecular formula is C15H15F4NO. The molecule has 1 unspecified atom stereocenters. The van der Waals surface area contributed by atoms with Gasteiger partial charge in [0.05, 0.1) is 23.2 Å². The molecule has 0 aliphatic heterocycles. The molecule has 114 valence electrons. The molecular weight excluding hydrogens is 286 g/mol. The van der Waals surface area contributed by atoms with Crippen LogP contribution in [0, 0.1) is 22.6 Å². The van der Waals surface area contributed by atoms with E-state index in [2.05, 4.69) is 0 Å². The van der Waals surface area contributed by atoms with Crippen molar-refractivity contribution in [1.82, 2.24) is 0 Å². The minimum atomic E-state index is -4.77. The average Bonchev–Trinajstić information content (AvgIpc) is 2.46. The quantitative estimate of drug-likeness (QED) is 0.825. The van der Waals surface area contributed by atoms with Gasteiger partial charge in [-0.3, -0.25) is 0 Å². The van der Waals surface area contributed by atoms with Crippen molar-refractivity contribution in [3.05, 3.63) is 35.1 Å². The van der Waals surface area contributed by atoms with E-state index in [4.69, 9.17) is 0 Å². The molecule has 1 aliphatic carbocycles. The summed E-state index contributed by atoms with van der Waals surface area (Å²) in [7, 11) is 0. The van der Waals surface area contributed by atoms with Crippen molar-refractivity contribution in [3.8, 4) is 6.07 Å². The van der Waals surface area contributed by atoms with Gasteiger partial charge in [-0.2, -0.15) is 18.4 Å². The topological polar surface area (TPSA) is 44.0 Å². The van der Waals surface area contributed by atoms with Gasteiger partial charge in [0.1, 0.15) is 5.82 Å². The van der Waals surface area contributed by atoms with E-state index in [1.54, 1.807) is 0 Å². The first-order valence-electron chi connectivity index (χ1n) is 6.76. The average molecular weight is 301 g/mol. The van der Waals surface area contributed by atoms with Crippen molar-refractivity contribution >= 4 is 0 Å². The van der Waals surface area contributed by atoms with Gasteiger partial charge in [0, 0.05) is 0 Å². The number of halogens is 4. The van der Waals surface area contributed by atoms with Gasteiger partial charge in [0.25, 0.3) is 0 Å². The van der Waals surface area contributed by atoms with Gasteiger partial charge in [-0.05, 0) is 30.5 Å². The fourth-order valence-electron chi connectivity index (χ4n) is 2.94. The maximum absolute atomic E-state index is 13.1. The summed E-state index contributed by atoms with van der Waals surface area (Å²) in [4.78, 5) is 0. The van der Waals surface area contributed by atoms with E-state index >= 15 is 0 Å². The zero-order chi connectivity index (χ0) is 15.7. The molecule has 21 heavy (non-hydrogen) atoms. The molecule has 2 nitrogen and oxygen atoms in total. The minimum absolute atomic E-state index is 0.347. The maximum atomic E-state index is 13.1. The number of benzene rings is 1. The Morgan fingerprint density at radius 2 is 1.81 bits per heavy atom. The first-order chi connectivity index (χ1) is 9.80. The van der Waals surface area contributed by atoms with Gasteiger partial charge in [-0.15, -0.1) is 0 Å². The fourth-order valence-corrected chi connectivity index (χ4v) is 2.94. The summed E-state index contributed by atoms with van der Waals surface area (Å²) in [6, 6.07) is 4.17. The highest BCUT2D eigenvalue weighted by Gasteiger charge is 2.44. The number of alkyl halides is 3. The van der Waals surface area contributed by atoms with Crippen LogP contribution in [-0.2, 0) is 6.18 Å². The normalized spacial score (nSPS) is 19.8. The molecule has 1 aromatic carbocycles. The van der Waals surface area contributed by atoms with Crippen LogP contribution in [0.2, 0.25) is 0 Å². The lowest BCUT2D eigenvalue weighted by Crippen LogP contribution is -2.31. The third-order valence-corrected chi connectivity index (χ3v) is 4.11. The molecule has 6 heteroatoms. The van der Waals surface area contributed by atoms with Crippen LogP contribution < -0.4 is 0 Å². The molecule has 0 spiro atoms. The molecule has 1 fully saturated rings. The monoisotopic (exact) mass is 301 g/mol. The van der Waals surface area contributed by atoms with Gasteiger partial charge in [-0.25, -0.2) is 4.39 Å². The lowest BCUT2D eigenvalue weighted by atomic mass is 9.69. The smallest absolute Gasteiger partial charge is 0.387 e. The number of aliphatic hydroxyl groups excluding tert-OH is 1. The molecule has 0 saturated heterocycles. The van der Waals surface area contributed by atoms with Crippen molar-refractivity contribution in [2.45, 2.75) is 44.4 Å². The van der Waals surface area contributed by atoms with Crippen LogP contribution in [0.4, 0.5) is 17.6 Å². The fraction of sp³-hybridized carbons (Fsp3) is 0.533. The molecule has 1 atom stereocenters. The van der Waals surface area contributed by atoms with E-state index in [-0.39, 0.29) is 0 Å². The third-order valence-electron chi connectivity index (χ3n) is 4.11. The Kier molecular flexibility index (Phi) is 4.24. The van der Waals surface area contributed by atoms with Crippen molar-refractivity contribution in [1.29, 1.82) is 5.26 Å². The number of hydrogen-bond acceptors (Lipinski definition) is 2. The highest BCUT2D eigenvalue weighted by Crippen LogP contribution is 2.48. The highest BCUT2D eigenvalue weighted by molar-refractivity contribution is 5.34. The van der Waals surface area contributed by atoms with Crippen molar-refractivity contribution in [2.24, 2.45) is 5.41 Å². The third kappa shape index (κ3) is 3.03. The first kappa shape index (κ1) is 15.8. The maximum Gasteiger partial charge on any atom is 0.416 e. The Morgan fingerprint density at radius 1 is 1.19 bits per heavy atom. The first-order valence-corrected chi connectivity index (χ1v) is 6.76. The lowest BCUT2D eigenvalue weighted by Gasteiger charge is -2.36. The van der Waals surface area contributed by atoms with Crippen LogP contribution >= 0.6 is 0 Å². The second-order valence-electron chi connectivity index (χ2n) is 5.46. The summed E-state index contributed by atoms with van der Waals surface area (Å²) in [6.07, 6.45) is -3.38. The minimum Gasteiger partial charge on any atom is -0.387 e. The predicted molar refractivity (Wildman–Crippen MR) is 67.5 cm³/mol. The molecule has 1 N–H and O–H groups in total. The largest absolute Gasteiger partial charge is 0.416 e. The van der Waals surface area contributed by atoms with Gasteiger partial charge >= 0.3 is 6.18 Å². The van der Waals surface area contributed by atoms with Gasteiger partial charge < -0.3 is 5.11 Å². The van der Waals surface area contributed by atoms with Crippen LogP contribution in [0.25, 0.3) is 0 Å². The van der Waals surface area contributed by atoms with Crippen LogP contribution in [-0.4, -0.2) is 5.11 Å². The number of hydrogen-bond donors (Lipinski definition) is 1. The SMILES string of the molecule is N#CC1(C(O)c2ccc(F)cc2C(F)(F)F)CCCCC1. The second kappa shape index (κ2) is 5.64. The van der Waals surface area contributed by atoms with E-state index in [9.17, 15) is 27.9 Å². The highest BCUT2D eigenvalue weighted by atomic mass is 19.4. The number of nitrogens with zero attached hydrogens (tertiary/aromatic N) is 1. The van der Waals surface area contributed by atoms with E-state index in [1.807, 2.05) is 6.07 Å². The number of aliphatic hydroxyl groups is 1. The molecule has 1 aromatic rings. The lowest BCUT2D eigenvalue weighted by molar-refractivity contribution is -0.140. The zero-order valence-electron chi connectivity index (χ0n) is 11.3. The van der Waals surface area contributed by atoms with Crippen LogP contribution in [0.3, 0.4) is 0 Å². The predicted octanol–water partition coefficient (Wildman–Crippen LogP) is 4.35. The second-order valence-corrected chi connectivity index (χ2v) is 5.46. The molecule has 1 saturated carbocycles. The van der Waals surface area contributed by atoms with Crippen molar-refractivity contribution < 1.29 is 22.7 Å². The molecule has 2 rings (SSSR count). The Morgan fingerprint density at radius 3 is 2.33 bits per heavy atom. The van der Waals surface area contributed by atoms with Crippen LogP contribution in [0.5, 0.6) is 0 Å². The number of nitriles is 1. The van der Waals surface area contributed by atoms with E-state index in [0.717, 1.165) is 18.6 Å². The molecule has 0 amide bonds. The Hall–Kier alpha value is -1.61. The van der Waals surface area contributed by atoms with Crippen LogP contribution in [0.1, 0.15) is 49.3 Å². The number of rotatable bonds is 2. The van der Waals surface area contributed by atoms with E-state index in [0.29, 0.717) is 31.7 Å². The van der Waals surface area contributed by atoms with Crippen LogP contribution in [0.15, 0.2) is 18.2 Å². The summed E-state index contributed by atoms with van der Waals surface area (Å²) in [5, 5.41) is 19.7. The van der Waals surface area contributed by atoms with Crippen molar-refractivity contribution in [3.63, 3.8) is 0 Å². The van der Waals surface area contributed by atoms with Crippen molar-refractivity contribution in [2.75, 3.05) is 0 Å². The Balaban J connectivity index is 2.48. The van der Waals surface area contributed by atoms with Gasteiger partial charge in [-0.1, -0.05) is 25.3 Å². The summed E-state index contributed by atoms with van der Waals surface area (Å²) in [6.45, 7) is 0. The molecule has 0 bridgehead atoms. The summed E-state index contributed by atoms with van der Waals surface area (Å²) in [5.74, 6) is -1.02. The summed E-state index contributed by atoms with van der Waals surface area (Å²) < 4.78 is 52.2. The van der Waals surface area contributed by atoms with E-state index in [1.165, 1.54) is 0 Å². The van der Waals surface area contributed by atoms with Gasteiger partial charge in [0.2, 0.25) is 0 Å². The standard InChI is InChI=1S/C15H15F4NO/c16-10-4-5-11(12(8-10)15(17,18)19)13(21)14(9-20)6-2-1-3-7-14/h4-5,8,13,21H,1-3,6-7H2. The molecule has 0 heterocycles. The Labute approximate surface area is 120 Å². The molecule has 0 radical (unpaired) electrons. The Bertz CT molecular complexity index is 556. The zero-order valence-corrected chi connectivity index (χ0v) is 11.3. The molecule has 1 aliphatic rings.